The number of oxazole rings is 1. The van der Waals surface area contributed by atoms with Gasteiger partial charge in [0.15, 0.2) is 0 Å². The molecule has 1 aliphatic carbocycles. The van der Waals surface area contributed by atoms with E-state index < -0.39 is 11.7 Å². The van der Waals surface area contributed by atoms with Crippen LogP contribution in [0.5, 0.6) is 0 Å². The van der Waals surface area contributed by atoms with Crippen molar-refractivity contribution in [3.05, 3.63) is 47.6 Å². The molecule has 3 nitrogen and oxygen atoms in total. The standard InChI is InChI=1S/C17H15F3N2OS/c1-10(2)24-15-9-21-7-6-12(15)16-22-13-8-11(17(18,19)20)4-3-5-14(13)23-16/h3-4,6-10H,5H2,1-2H3. The van der Waals surface area contributed by atoms with Gasteiger partial charge in [0.2, 0.25) is 5.89 Å². The van der Waals surface area contributed by atoms with Crippen molar-refractivity contribution in [1.82, 2.24) is 9.97 Å². The van der Waals surface area contributed by atoms with Crippen LogP contribution in [0.2, 0.25) is 0 Å². The Hall–Kier alpha value is -2.02. The molecule has 2 aromatic heterocycles. The molecule has 2 aromatic rings. The maximum Gasteiger partial charge on any atom is 0.416 e. The molecule has 0 amide bonds. The Kier molecular flexibility index (Phi) is 4.54. The summed E-state index contributed by atoms with van der Waals surface area (Å²) >= 11 is 1.60. The summed E-state index contributed by atoms with van der Waals surface area (Å²) in [6.07, 6.45) is 2.73. The van der Waals surface area contributed by atoms with Crippen molar-refractivity contribution in [3.63, 3.8) is 0 Å². The lowest BCUT2D eigenvalue weighted by atomic mass is 10.2. The van der Waals surface area contributed by atoms with Crippen LogP contribution < -0.4 is 0 Å². The van der Waals surface area contributed by atoms with Crippen LogP contribution in [0.15, 0.2) is 45.5 Å². The average molecular weight is 352 g/mol. The molecule has 0 N–H and O–H groups in total. The van der Waals surface area contributed by atoms with Gasteiger partial charge in [-0.15, -0.1) is 11.8 Å². The lowest BCUT2D eigenvalue weighted by molar-refractivity contribution is -0.0873. The van der Waals surface area contributed by atoms with Crippen LogP contribution in [0, 0.1) is 0 Å². The molecule has 1 aliphatic rings. The number of alkyl halides is 3. The number of pyridine rings is 1. The van der Waals surface area contributed by atoms with Gasteiger partial charge in [-0.25, -0.2) is 4.98 Å². The highest BCUT2D eigenvalue weighted by atomic mass is 32.2. The fourth-order valence-corrected chi connectivity index (χ4v) is 3.22. The highest BCUT2D eigenvalue weighted by molar-refractivity contribution is 8.00. The Morgan fingerprint density at radius 3 is 2.79 bits per heavy atom. The lowest BCUT2D eigenvalue weighted by Crippen LogP contribution is -2.09. The lowest BCUT2D eigenvalue weighted by Gasteiger charge is -2.07. The minimum atomic E-state index is -4.41. The molecule has 0 bridgehead atoms. The van der Waals surface area contributed by atoms with E-state index in [4.69, 9.17) is 4.42 Å². The van der Waals surface area contributed by atoms with Gasteiger partial charge in [-0.05, 0) is 12.1 Å². The van der Waals surface area contributed by atoms with E-state index in [1.165, 1.54) is 6.08 Å². The Bertz CT molecular complexity index is 806. The maximum atomic E-state index is 13.0. The Morgan fingerprint density at radius 1 is 1.29 bits per heavy atom. The largest absolute Gasteiger partial charge is 0.440 e. The first-order valence-electron chi connectivity index (χ1n) is 7.41. The molecule has 0 saturated carbocycles. The molecule has 0 fully saturated rings. The molecule has 0 atom stereocenters. The summed E-state index contributed by atoms with van der Waals surface area (Å²) in [7, 11) is 0. The molecule has 0 radical (unpaired) electrons. The number of hydrogen-bond acceptors (Lipinski definition) is 4. The molecule has 0 aliphatic heterocycles. The minimum Gasteiger partial charge on any atom is -0.440 e. The molecule has 0 aromatic carbocycles. The summed E-state index contributed by atoms with van der Waals surface area (Å²) < 4.78 is 44.6. The first kappa shape index (κ1) is 16.8. The molecule has 126 valence electrons. The van der Waals surface area contributed by atoms with Crippen LogP contribution in [-0.4, -0.2) is 21.4 Å². The third-order valence-corrected chi connectivity index (χ3v) is 4.38. The zero-order valence-corrected chi connectivity index (χ0v) is 13.9. The summed E-state index contributed by atoms with van der Waals surface area (Å²) in [6.45, 7) is 4.10. The molecule has 0 unspecified atom stereocenters. The normalized spacial score (nSPS) is 14.5. The number of nitrogens with zero attached hydrogens (tertiary/aromatic N) is 2. The minimum absolute atomic E-state index is 0.222. The third-order valence-electron chi connectivity index (χ3n) is 3.33. The maximum absolute atomic E-state index is 13.0. The molecular weight excluding hydrogens is 337 g/mol. The van der Waals surface area contributed by atoms with Crippen LogP contribution >= 0.6 is 11.8 Å². The van der Waals surface area contributed by atoms with Crippen molar-refractivity contribution in [2.24, 2.45) is 0 Å². The molecular formula is C17H15F3N2OS. The number of rotatable bonds is 3. The third kappa shape index (κ3) is 3.56. The van der Waals surface area contributed by atoms with E-state index in [1.807, 2.05) is 0 Å². The van der Waals surface area contributed by atoms with Crippen LogP contribution in [0.25, 0.3) is 17.5 Å². The van der Waals surface area contributed by atoms with E-state index in [1.54, 1.807) is 30.2 Å². The van der Waals surface area contributed by atoms with Gasteiger partial charge in [0.1, 0.15) is 11.5 Å². The van der Waals surface area contributed by atoms with Crippen molar-refractivity contribution < 1.29 is 17.6 Å². The summed E-state index contributed by atoms with van der Waals surface area (Å²) in [5, 5.41) is 0.334. The summed E-state index contributed by atoms with van der Waals surface area (Å²) in [5.74, 6) is 0.747. The van der Waals surface area contributed by atoms with Gasteiger partial charge in [0, 0.05) is 29.0 Å². The quantitative estimate of drug-likeness (QED) is 0.703. The number of halogens is 3. The van der Waals surface area contributed by atoms with Crippen LogP contribution in [-0.2, 0) is 6.42 Å². The van der Waals surface area contributed by atoms with Gasteiger partial charge in [0.25, 0.3) is 0 Å². The number of thioether (sulfide) groups is 1. The van der Waals surface area contributed by atoms with Gasteiger partial charge >= 0.3 is 6.18 Å². The highest BCUT2D eigenvalue weighted by Gasteiger charge is 2.33. The van der Waals surface area contributed by atoms with E-state index in [0.29, 0.717) is 16.9 Å². The van der Waals surface area contributed by atoms with Crippen molar-refractivity contribution in [2.75, 3.05) is 0 Å². The molecule has 0 saturated heterocycles. The van der Waals surface area contributed by atoms with Gasteiger partial charge in [-0.1, -0.05) is 26.0 Å². The Balaban J connectivity index is 2.03. The van der Waals surface area contributed by atoms with Crippen molar-refractivity contribution in [3.8, 4) is 11.5 Å². The first-order valence-corrected chi connectivity index (χ1v) is 8.28. The second-order valence-corrected chi connectivity index (χ2v) is 7.19. The van der Waals surface area contributed by atoms with Crippen molar-refractivity contribution in [1.29, 1.82) is 0 Å². The van der Waals surface area contributed by atoms with Crippen LogP contribution in [0.1, 0.15) is 25.3 Å². The predicted molar refractivity (Wildman–Crippen MR) is 87.6 cm³/mol. The van der Waals surface area contributed by atoms with Gasteiger partial charge in [-0.3, -0.25) is 4.98 Å². The SMILES string of the molecule is CC(C)Sc1cnccc1-c1nc2c(o1)CC=CC(C(F)(F)F)=C2. The average Bonchev–Trinajstić information content (AvgIpc) is 2.77. The fraction of sp³-hybridized carbons (Fsp3) is 0.294. The predicted octanol–water partition coefficient (Wildman–Crippen LogP) is 5.30. The molecule has 3 rings (SSSR count). The molecule has 0 spiro atoms. The van der Waals surface area contributed by atoms with E-state index in [2.05, 4.69) is 23.8 Å². The number of hydrogen-bond donors (Lipinski definition) is 0. The van der Waals surface area contributed by atoms with Crippen LogP contribution in [0.3, 0.4) is 0 Å². The summed E-state index contributed by atoms with van der Waals surface area (Å²) in [4.78, 5) is 9.28. The fourth-order valence-electron chi connectivity index (χ4n) is 2.31. The zero-order valence-electron chi connectivity index (χ0n) is 13.1. The summed E-state index contributed by atoms with van der Waals surface area (Å²) in [5.41, 5.74) is 0.231. The van der Waals surface area contributed by atoms with Crippen molar-refractivity contribution >= 4 is 17.8 Å². The smallest absolute Gasteiger partial charge is 0.416 e. The van der Waals surface area contributed by atoms with Gasteiger partial charge in [-0.2, -0.15) is 13.2 Å². The summed E-state index contributed by atoms with van der Waals surface area (Å²) in [6, 6.07) is 1.76. The highest BCUT2D eigenvalue weighted by Crippen LogP contribution is 2.36. The van der Waals surface area contributed by atoms with E-state index in [-0.39, 0.29) is 12.1 Å². The zero-order chi connectivity index (χ0) is 17.3. The number of fused-ring (bicyclic) bond motifs is 1. The molecule has 7 heteroatoms. The number of aromatic nitrogens is 2. The second-order valence-electron chi connectivity index (χ2n) is 5.57. The monoisotopic (exact) mass is 352 g/mol. The topological polar surface area (TPSA) is 38.9 Å². The van der Waals surface area contributed by atoms with Crippen LogP contribution in [0.4, 0.5) is 13.2 Å². The second kappa shape index (κ2) is 6.47. The number of allylic oxidation sites excluding steroid dienone is 3. The first-order chi connectivity index (χ1) is 11.3. The van der Waals surface area contributed by atoms with E-state index in [0.717, 1.165) is 22.6 Å². The Morgan fingerprint density at radius 2 is 2.08 bits per heavy atom. The van der Waals surface area contributed by atoms with E-state index >= 15 is 0 Å². The van der Waals surface area contributed by atoms with Crippen molar-refractivity contribution in [2.45, 2.75) is 36.6 Å². The molecule has 2 heterocycles. The van der Waals surface area contributed by atoms with E-state index in [9.17, 15) is 13.2 Å². The Labute approximate surface area is 141 Å². The molecule has 24 heavy (non-hydrogen) atoms. The van der Waals surface area contributed by atoms with Gasteiger partial charge < -0.3 is 4.42 Å². The van der Waals surface area contributed by atoms with Gasteiger partial charge in [0.05, 0.1) is 11.1 Å².